The van der Waals surface area contributed by atoms with Gasteiger partial charge in [0.05, 0.1) is 12.6 Å². The molecule has 0 aliphatic carbocycles. The molecular weight excluding hydrogens is 246 g/mol. The van der Waals surface area contributed by atoms with Gasteiger partial charge in [-0.25, -0.2) is 4.79 Å². The summed E-state index contributed by atoms with van der Waals surface area (Å²) >= 11 is 0. The summed E-state index contributed by atoms with van der Waals surface area (Å²) < 4.78 is 4.70. The first-order chi connectivity index (χ1) is 8.22. The number of nitrogens with two attached hydrogens (primary N) is 1. The number of ether oxygens (including phenoxy) is 1. The van der Waals surface area contributed by atoms with Crippen molar-refractivity contribution in [1.29, 1.82) is 0 Å². The van der Waals surface area contributed by atoms with Gasteiger partial charge in [-0.05, 0) is 6.92 Å². The van der Waals surface area contributed by atoms with Crippen molar-refractivity contribution in [2.24, 2.45) is 5.73 Å². The molecule has 1 heterocycles. The first-order valence-corrected chi connectivity index (χ1v) is 5.17. The smallest absolute Gasteiger partial charge is 0.330 e. The number of aliphatic hydroxyl groups is 4. The van der Waals surface area contributed by atoms with E-state index in [2.05, 4.69) is 6.58 Å². The topological polar surface area (TPSA) is 153 Å². The van der Waals surface area contributed by atoms with Gasteiger partial charge in [-0.15, -0.1) is 0 Å². The van der Waals surface area contributed by atoms with Crippen LogP contribution in [0.2, 0.25) is 0 Å². The van der Waals surface area contributed by atoms with Gasteiger partial charge in [0.2, 0.25) is 0 Å². The van der Waals surface area contributed by atoms with Crippen molar-refractivity contribution in [3.05, 3.63) is 12.2 Å². The summed E-state index contributed by atoms with van der Waals surface area (Å²) in [5, 5.41) is 44.0. The lowest BCUT2D eigenvalue weighted by molar-refractivity contribution is -0.248. The molecule has 7 N–H and O–H groups in total. The average Bonchev–Trinajstić information content (AvgIpc) is 2.31. The fourth-order valence-corrected chi connectivity index (χ4v) is 1.12. The molecule has 1 aliphatic rings. The number of aliphatic hydroxyl groups excluding tert-OH is 4. The quantitative estimate of drug-likeness (QED) is 0.297. The summed E-state index contributed by atoms with van der Waals surface area (Å²) in [6, 6.07) is -1.04. The highest BCUT2D eigenvalue weighted by Gasteiger charge is 2.41. The molecular formula is C10H19NO7. The molecule has 8 nitrogen and oxygen atoms in total. The lowest BCUT2D eigenvalue weighted by Gasteiger charge is -2.38. The van der Waals surface area contributed by atoms with Crippen LogP contribution < -0.4 is 5.73 Å². The van der Waals surface area contributed by atoms with Gasteiger partial charge in [-0.2, -0.15) is 0 Å². The van der Waals surface area contributed by atoms with Gasteiger partial charge in [-0.1, -0.05) is 6.58 Å². The predicted molar refractivity (Wildman–Crippen MR) is 60.4 cm³/mol. The highest BCUT2D eigenvalue weighted by Crippen LogP contribution is 2.17. The number of carbonyl (C=O) groups is 1. The van der Waals surface area contributed by atoms with E-state index in [1.807, 2.05) is 0 Å². The van der Waals surface area contributed by atoms with Crippen LogP contribution in [0.15, 0.2) is 12.2 Å². The first-order valence-electron chi connectivity index (χ1n) is 5.17. The third-order valence-electron chi connectivity index (χ3n) is 2.31. The number of rotatable bonds is 2. The Balaban J connectivity index is 0.000000411. The van der Waals surface area contributed by atoms with Gasteiger partial charge >= 0.3 is 5.97 Å². The second kappa shape index (κ2) is 7.41. The van der Waals surface area contributed by atoms with Crippen molar-refractivity contribution in [3.63, 3.8) is 0 Å². The summed E-state index contributed by atoms with van der Waals surface area (Å²) in [5.74, 6) is -0.935. The number of hydrogen-bond donors (Lipinski definition) is 6. The lowest BCUT2D eigenvalue weighted by Crippen LogP contribution is -2.61. The number of carboxylic acids is 1. The minimum Gasteiger partial charge on any atom is -0.478 e. The van der Waals surface area contributed by atoms with Crippen LogP contribution in [-0.2, 0) is 9.53 Å². The van der Waals surface area contributed by atoms with E-state index in [0.29, 0.717) is 0 Å². The number of carboxylic acid groups (broad SMARTS) is 1. The molecule has 0 spiro atoms. The Morgan fingerprint density at radius 1 is 1.33 bits per heavy atom. The third-order valence-corrected chi connectivity index (χ3v) is 2.31. The van der Waals surface area contributed by atoms with Crippen molar-refractivity contribution < 1.29 is 35.1 Å². The highest BCUT2D eigenvalue weighted by molar-refractivity contribution is 5.84. The van der Waals surface area contributed by atoms with Gasteiger partial charge in [-0.3, -0.25) is 0 Å². The lowest BCUT2D eigenvalue weighted by atomic mass is 9.98. The van der Waals surface area contributed by atoms with Crippen LogP contribution in [0.1, 0.15) is 6.92 Å². The summed E-state index contributed by atoms with van der Waals surface area (Å²) in [5.41, 5.74) is 5.44. The maximum atomic E-state index is 9.60. The Hall–Kier alpha value is -1.03. The van der Waals surface area contributed by atoms with Crippen LogP contribution in [0, 0.1) is 0 Å². The second-order valence-corrected chi connectivity index (χ2v) is 3.89. The van der Waals surface area contributed by atoms with Crippen molar-refractivity contribution in [2.45, 2.75) is 37.6 Å². The zero-order valence-electron chi connectivity index (χ0n) is 9.93. The molecule has 0 aromatic rings. The molecule has 5 atom stereocenters. The van der Waals surface area contributed by atoms with E-state index in [9.17, 15) is 15.0 Å². The summed E-state index contributed by atoms with van der Waals surface area (Å²) in [4.78, 5) is 9.60. The maximum absolute atomic E-state index is 9.60. The molecule has 0 radical (unpaired) electrons. The second-order valence-electron chi connectivity index (χ2n) is 3.89. The molecule has 0 aromatic heterocycles. The molecule has 1 fully saturated rings. The van der Waals surface area contributed by atoms with Crippen molar-refractivity contribution in [1.82, 2.24) is 0 Å². The van der Waals surface area contributed by atoms with Gasteiger partial charge in [0, 0.05) is 5.57 Å². The van der Waals surface area contributed by atoms with E-state index >= 15 is 0 Å². The molecule has 1 aliphatic heterocycles. The fraction of sp³-hybridized carbons (Fsp3) is 0.700. The predicted octanol–water partition coefficient (Wildman–Crippen LogP) is -2.61. The Morgan fingerprint density at radius 2 is 1.78 bits per heavy atom. The maximum Gasteiger partial charge on any atom is 0.330 e. The van der Waals surface area contributed by atoms with E-state index in [0.717, 1.165) is 0 Å². The van der Waals surface area contributed by atoms with Gasteiger partial charge in [0.25, 0.3) is 0 Å². The highest BCUT2D eigenvalue weighted by atomic mass is 16.6. The molecule has 0 bridgehead atoms. The van der Waals surface area contributed by atoms with E-state index in [-0.39, 0.29) is 5.57 Å². The Bertz CT molecular complexity index is 279. The number of hydrogen-bond acceptors (Lipinski definition) is 7. The van der Waals surface area contributed by atoms with Gasteiger partial charge in [0.15, 0.2) is 6.29 Å². The van der Waals surface area contributed by atoms with Crippen LogP contribution in [0.25, 0.3) is 0 Å². The Labute approximate surface area is 104 Å². The molecule has 1 rings (SSSR count). The van der Waals surface area contributed by atoms with E-state index in [1.165, 1.54) is 6.92 Å². The fourth-order valence-electron chi connectivity index (χ4n) is 1.12. The average molecular weight is 265 g/mol. The van der Waals surface area contributed by atoms with Crippen LogP contribution in [0.5, 0.6) is 0 Å². The largest absolute Gasteiger partial charge is 0.478 e. The monoisotopic (exact) mass is 265 g/mol. The molecule has 0 aromatic carbocycles. The van der Waals surface area contributed by atoms with Crippen LogP contribution in [0.4, 0.5) is 0 Å². The summed E-state index contributed by atoms with van der Waals surface area (Å²) in [7, 11) is 0. The van der Waals surface area contributed by atoms with Crippen molar-refractivity contribution >= 4 is 5.97 Å². The van der Waals surface area contributed by atoms with Crippen LogP contribution in [-0.4, -0.2) is 68.8 Å². The van der Waals surface area contributed by atoms with Crippen LogP contribution in [0.3, 0.4) is 0 Å². The SMILES string of the molecule is C=C(C)C(=O)O.N[C@H]1C(O)O[C@H](CO)[C@@H](O)[C@@H]1O. The Morgan fingerprint density at radius 3 is 2.11 bits per heavy atom. The van der Waals surface area contributed by atoms with E-state index < -0.39 is 43.2 Å². The first kappa shape index (κ1) is 17.0. The minimum atomic E-state index is -1.35. The van der Waals surface area contributed by atoms with Crippen LogP contribution >= 0.6 is 0 Å². The molecule has 1 saturated heterocycles. The zero-order chi connectivity index (χ0) is 14.5. The van der Waals surface area contributed by atoms with Crippen molar-refractivity contribution in [3.8, 4) is 0 Å². The molecule has 106 valence electrons. The van der Waals surface area contributed by atoms with E-state index in [1.54, 1.807) is 0 Å². The molecule has 1 unspecified atom stereocenters. The van der Waals surface area contributed by atoms with Gasteiger partial charge in [0.1, 0.15) is 18.3 Å². The Kier molecular flexibility index (Phi) is 6.99. The van der Waals surface area contributed by atoms with E-state index in [4.69, 9.17) is 25.8 Å². The molecule has 0 saturated carbocycles. The molecule has 0 amide bonds. The van der Waals surface area contributed by atoms with Gasteiger partial charge < -0.3 is 36.0 Å². The third kappa shape index (κ3) is 4.69. The molecule has 8 heteroatoms. The van der Waals surface area contributed by atoms with Crippen molar-refractivity contribution in [2.75, 3.05) is 6.61 Å². The summed E-state index contributed by atoms with van der Waals surface area (Å²) in [6.45, 7) is 4.13. The summed E-state index contributed by atoms with van der Waals surface area (Å²) in [6.07, 6.45) is -4.85. The molecule has 18 heavy (non-hydrogen) atoms. The standard InChI is InChI=1S/C6H13NO5.C4H6O2/c7-3-5(10)4(9)2(1-8)12-6(3)11;1-3(2)4(5)6/h2-6,8-11H,1,7H2;1H2,2H3,(H,5,6)/t2-,3-,4-,5-,6?;/m1./s1. The minimum absolute atomic E-state index is 0.176. The normalized spacial score (nSPS) is 35.3. The number of aliphatic carboxylic acids is 1. The zero-order valence-corrected chi connectivity index (χ0v) is 9.93.